The molecular formula is C18H16INO5. The van der Waals surface area contributed by atoms with Gasteiger partial charge in [0.25, 0.3) is 5.91 Å². The Hall–Kier alpha value is -2.29. The number of amides is 1. The molecule has 0 aromatic heterocycles. The molecule has 1 atom stereocenters. The molecule has 1 aliphatic heterocycles. The van der Waals surface area contributed by atoms with Crippen LogP contribution in [0.3, 0.4) is 0 Å². The van der Waals surface area contributed by atoms with Gasteiger partial charge in [0.2, 0.25) is 0 Å². The van der Waals surface area contributed by atoms with Crippen molar-refractivity contribution in [2.24, 2.45) is 0 Å². The van der Waals surface area contributed by atoms with E-state index in [-0.39, 0.29) is 0 Å². The molecule has 1 heterocycles. The predicted octanol–water partition coefficient (Wildman–Crippen LogP) is 3.25. The van der Waals surface area contributed by atoms with Crippen molar-refractivity contribution in [3.05, 3.63) is 51.6 Å². The standard InChI is InChI=1S/C18H16INO5/c1-11(25-18(22)13-4-2-3-5-14(13)19)17(21)20-12-6-7-15-16(10-12)24-9-8-23-15/h2-7,10-11H,8-9H2,1H3,(H,20,21)/t11-/m0/s1. The van der Waals surface area contributed by atoms with E-state index in [2.05, 4.69) is 27.9 Å². The normalized spacial score (nSPS) is 13.7. The van der Waals surface area contributed by atoms with Crippen molar-refractivity contribution < 1.29 is 23.8 Å². The number of nitrogens with one attached hydrogen (secondary N) is 1. The molecule has 0 aliphatic carbocycles. The van der Waals surface area contributed by atoms with Gasteiger partial charge in [0.1, 0.15) is 13.2 Å². The van der Waals surface area contributed by atoms with E-state index in [4.69, 9.17) is 14.2 Å². The first kappa shape index (κ1) is 17.5. The summed E-state index contributed by atoms with van der Waals surface area (Å²) in [5.41, 5.74) is 0.980. The van der Waals surface area contributed by atoms with Crippen molar-refractivity contribution in [2.75, 3.05) is 18.5 Å². The third-order valence-corrected chi connectivity index (χ3v) is 4.50. The smallest absolute Gasteiger partial charge is 0.339 e. The van der Waals surface area contributed by atoms with Crippen LogP contribution in [0.4, 0.5) is 5.69 Å². The number of rotatable bonds is 4. The van der Waals surface area contributed by atoms with Crippen molar-refractivity contribution in [1.29, 1.82) is 0 Å². The number of fused-ring (bicyclic) bond motifs is 1. The lowest BCUT2D eigenvalue weighted by Crippen LogP contribution is -2.30. The highest BCUT2D eigenvalue weighted by molar-refractivity contribution is 14.1. The van der Waals surface area contributed by atoms with E-state index in [1.54, 1.807) is 36.4 Å². The molecule has 2 aromatic rings. The fraction of sp³-hybridized carbons (Fsp3) is 0.222. The maximum absolute atomic E-state index is 12.3. The van der Waals surface area contributed by atoms with Gasteiger partial charge in [-0.2, -0.15) is 0 Å². The van der Waals surface area contributed by atoms with Gasteiger partial charge >= 0.3 is 5.97 Å². The van der Waals surface area contributed by atoms with Crippen LogP contribution in [-0.2, 0) is 9.53 Å². The van der Waals surface area contributed by atoms with Gasteiger partial charge in [-0.1, -0.05) is 12.1 Å². The van der Waals surface area contributed by atoms with E-state index in [9.17, 15) is 9.59 Å². The lowest BCUT2D eigenvalue weighted by Gasteiger charge is -2.19. The highest BCUT2D eigenvalue weighted by Gasteiger charge is 2.21. The zero-order chi connectivity index (χ0) is 17.8. The Bertz CT molecular complexity index is 808. The summed E-state index contributed by atoms with van der Waals surface area (Å²) in [5, 5.41) is 2.71. The Morgan fingerprint density at radius 2 is 1.84 bits per heavy atom. The average molecular weight is 453 g/mol. The second kappa shape index (κ2) is 7.73. The maximum Gasteiger partial charge on any atom is 0.339 e. The fourth-order valence-corrected chi connectivity index (χ4v) is 2.88. The second-order valence-corrected chi connectivity index (χ2v) is 6.54. The molecule has 0 radical (unpaired) electrons. The average Bonchev–Trinajstić information content (AvgIpc) is 2.61. The number of carbonyl (C=O) groups excluding carboxylic acids is 2. The van der Waals surface area contributed by atoms with Gasteiger partial charge in [0.05, 0.1) is 5.56 Å². The van der Waals surface area contributed by atoms with Crippen LogP contribution in [0.1, 0.15) is 17.3 Å². The molecule has 7 heteroatoms. The van der Waals surface area contributed by atoms with E-state index in [1.807, 2.05) is 6.07 Å². The van der Waals surface area contributed by atoms with Crippen LogP contribution in [0.25, 0.3) is 0 Å². The van der Waals surface area contributed by atoms with E-state index in [1.165, 1.54) is 6.92 Å². The first-order chi connectivity index (χ1) is 12.0. The van der Waals surface area contributed by atoms with E-state index >= 15 is 0 Å². The monoisotopic (exact) mass is 453 g/mol. The number of hydrogen-bond acceptors (Lipinski definition) is 5. The number of esters is 1. The van der Waals surface area contributed by atoms with E-state index < -0.39 is 18.0 Å². The quantitative estimate of drug-likeness (QED) is 0.569. The summed E-state index contributed by atoms with van der Waals surface area (Å²) in [6.45, 7) is 2.50. The molecule has 0 saturated carbocycles. The van der Waals surface area contributed by atoms with Gasteiger partial charge in [0.15, 0.2) is 17.6 Å². The SMILES string of the molecule is C[C@H](OC(=O)c1ccccc1I)C(=O)Nc1ccc2c(c1)OCCO2. The van der Waals surface area contributed by atoms with Gasteiger partial charge in [-0.15, -0.1) is 0 Å². The molecule has 6 nitrogen and oxygen atoms in total. The zero-order valence-corrected chi connectivity index (χ0v) is 15.6. The molecule has 0 bridgehead atoms. The molecule has 2 aromatic carbocycles. The third kappa shape index (κ3) is 4.22. The van der Waals surface area contributed by atoms with Gasteiger partial charge in [-0.25, -0.2) is 4.79 Å². The second-order valence-electron chi connectivity index (χ2n) is 5.38. The maximum atomic E-state index is 12.3. The largest absolute Gasteiger partial charge is 0.486 e. The van der Waals surface area contributed by atoms with Crippen LogP contribution in [-0.4, -0.2) is 31.2 Å². The molecule has 25 heavy (non-hydrogen) atoms. The van der Waals surface area contributed by atoms with Gasteiger partial charge in [0, 0.05) is 15.3 Å². The summed E-state index contributed by atoms with van der Waals surface area (Å²) in [5.74, 6) is 0.265. The first-order valence-corrected chi connectivity index (χ1v) is 8.78. The molecular weight excluding hydrogens is 437 g/mol. The van der Waals surface area contributed by atoms with Crippen LogP contribution in [0, 0.1) is 3.57 Å². The van der Waals surface area contributed by atoms with Crippen molar-refractivity contribution in [3.8, 4) is 11.5 Å². The highest BCUT2D eigenvalue weighted by Crippen LogP contribution is 2.32. The Labute approximate surface area is 158 Å². The number of benzene rings is 2. The van der Waals surface area contributed by atoms with Crippen molar-refractivity contribution in [3.63, 3.8) is 0 Å². The van der Waals surface area contributed by atoms with Crippen molar-refractivity contribution in [2.45, 2.75) is 13.0 Å². The molecule has 130 valence electrons. The lowest BCUT2D eigenvalue weighted by molar-refractivity contribution is -0.123. The summed E-state index contributed by atoms with van der Waals surface area (Å²) in [7, 11) is 0. The molecule has 0 fully saturated rings. The van der Waals surface area contributed by atoms with Crippen LogP contribution in [0.5, 0.6) is 11.5 Å². The van der Waals surface area contributed by atoms with Crippen molar-refractivity contribution in [1.82, 2.24) is 0 Å². The summed E-state index contributed by atoms with van der Waals surface area (Å²) >= 11 is 2.05. The minimum Gasteiger partial charge on any atom is -0.486 e. The van der Waals surface area contributed by atoms with Gasteiger partial charge in [-0.05, 0) is 53.8 Å². The number of carbonyl (C=O) groups is 2. The van der Waals surface area contributed by atoms with Crippen LogP contribution >= 0.6 is 22.6 Å². The molecule has 0 unspecified atom stereocenters. The zero-order valence-electron chi connectivity index (χ0n) is 13.5. The number of halogens is 1. The molecule has 1 N–H and O–H groups in total. The Kier molecular flexibility index (Phi) is 5.42. The van der Waals surface area contributed by atoms with E-state index in [0.29, 0.717) is 36.0 Å². The third-order valence-electron chi connectivity index (χ3n) is 3.56. The molecule has 1 aliphatic rings. The number of ether oxygens (including phenoxy) is 3. The lowest BCUT2D eigenvalue weighted by atomic mass is 10.2. The van der Waals surface area contributed by atoms with Crippen LogP contribution in [0.15, 0.2) is 42.5 Å². The minimum absolute atomic E-state index is 0.420. The number of anilines is 1. The fourth-order valence-electron chi connectivity index (χ4n) is 2.27. The molecule has 3 rings (SSSR count). The summed E-state index contributed by atoms with van der Waals surface area (Å²) < 4.78 is 16.9. The topological polar surface area (TPSA) is 73.9 Å². The first-order valence-electron chi connectivity index (χ1n) is 7.70. The number of hydrogen-bond donors (Lipinski definition) is 1. The Balaban J connectivity index is 1.63. The van der Waals surface area contributed by atoms with Gasteiger partial charge < -0.3 is 19.5 Å². The Morgan fingerprint density at radius 1 is 1.12 bits per heavy atom. The van der Waals surface area contributed by atoms with Gasteiger partial charge in [-0.3, -0.25) is 4.79 Å². The van der Waals surface area contributed by atoms with E-state index in [0.717, 1.165) is 3.57 Å². The van der Waals surface area contributed by atoms with Crippen LogP contribution < -0.4 is 14.8 Å². The molecule has 1 amide bonds. The summed E-state index contributed by atoms with van der Waals surface area (Å²) in [6.07, 6.45) is -0.934. The van der Waals surface area contributed by atoms with Crippen molar-refractivity contribution >= 4 is 40.2 Å². The molecule has 0 spiro atoms. The highest BCUT2D eigenvalue weighted by atomic mass is 127. The van der Waals surface area contributed by atoms with Crippen LogP contribution in [0.2, 0.25) is 0 Å². The Morgan fingerprint density at radius 3 is 2.60 bits per heavy atom. The molecule has 0 saturated heterocycles. The summed E-state index contributed by atoms with van der Waals surface area (Å²) in [4.78, 5) is 24.5. The summed E-state index contributed by atoms with van der Waals surface area (Å²) in [6, 6.07) is 12.2. The predicted molar refractivity (Wildman–Crippen MR) is 100 cm³/mol. The minimum atomic E-state index is -0.934.